The maximum absolute atomic E-state index is 12.4. The maximum Gasteiger partial charge on any atom is 0.255 e. The standard InChI is InChI=1S/C19H24N2O3/c1-5-13(2)20-15-7-9-16(10-8-15)21-19(22)14-6-11-17(23-3)18(12-14)24-4/h6-13,20H,5H2,1-4H3,(H,21,22). The van der Waals surface area contributed by atoms with Crippen LogP contribution in [0, 0.1) is 0 Å². The number of amides is 1. The van der Waals surface area contributed by atoms with Crippen molar-refractivity contribution in [3.8, 4) is 11.5 Å². The molecule has 2 N–H and O–H groups in total. The molecule has 0 radical (unpaired) electrons. The van der Waals surface area contributed by atoms with Crippen molar-refractivity contribution in [3.05, 3.63) is 48.0 Å². The highest BCUT2D eigenvalue weighted by Gasteiger charge is 2.11. The molecule has 2 aromatic rings. The molecule has 0 bridgehead atoms. The van der Waals surface area contributed by atoms with E-state index >= 15 is 0 Å². The van der Waals surface area contributed by atoms with E-state index in [9.17, 15) is 4.79 Å². The third kappa shape index (κ3) is 4.41. The van der Waals surface area contributed by atoms with Gasteiger partial charge in [0, 0.05) is 23.0 Å². The molecule has 0 fully saturated rings. The Labute approximate surface area is 143 Å². The second kappa shape index (κ2) is 8.24. The molecule has 128 valence electrons. The first-order valence-corrected chi connectivity index (χ1v) is 7.97. The Bertz CT molecular complexity index is 684. The number of hydrogen-bond donors (Lipinski definition) is 2. The highest BCUT2D eigenvalue weighted by Crippen LogP contribution is 2.28. The van der Waals surface area contributed by atoms with Gasteiger partial charge in [-0.2, -0.15) is 0 Å². The van der Waals surface area contributed by atoms with Crippen molar-refractivity contribution in [1.82, 2.24) is 0 Å². The van der Waals surface area contributed by atoms with Crippen LogP contribution in [0.4, 0.5) is 11.4 Å². The average molecular weight is 328 g/mol. The van der Waals surface area contributed by atoms with Gasteiger partial charge in [-0.15, -0.1) is 0 Å². The van der Waals surface area contributed by atoms with Gasteiger partial charge in [0.2, 0.25) is 0 Å². The van der Waals surface area contributed by atoms with E-state index in [4.69, 9.17) is 9.47 Å². The molecule has 24 heavy (non-hydrogen) atoms. The monoisotopic (exact) mass is 328 g/mol. The summed E-state index contributed by atoms with van der Waals surface area (Å²) < 4.78 is 10.4. The number of carbonyl (C=O) groups is 1. The minimum atomic E-state index is -0.196. The van der Waals surface area contributed by atoms with Crippen molar-refractivity contribution in [2.45, 2.75) is 26.3 Å². The molecule has 0 aliphatic heterocycles. The number of anilines is 2. The van der Waals surface area contributed by atoms with Crippen LogP contribution in [0.5, 0.6) is 11.5 Å². The average Bonchev–Trinajstić information content (AvgIpc) is 2.62. The van der Waals surface area contributed by atoms with E-state index in [1.165, 1.54) is 0 Å². The van der Waals surface area contributed by atoms with E-state index in [1.807, 2.05) is 24.3 Å². The summed E-state index contributed by atoms with van der Waals surface area (Å²) >= 11 is 0. The quantitative estimate of drug-likeness (QED) is 0.801. The predicted molar refractivity (Wildman–Crippen MR) is 97.3 cm³/mol. The summed E-state index contributed by atoms with van der Waals surface area (Å²) in [6, 6.07) is 13.2. The zero-order valence-electron chi connectivity index (χ0n) is 14.6. The van der Waals surface area contributed by atoms with Crippen LogP contribution in [0.15, 0.2) is 42.5 Å². The van der Waals surface area contributed by atoms with E-state index in [-0.39, 0.29) is 5.91 Å². The minimum absolute atomic E-state index is 0.196. The molecule has 1 amide bonds. The van der Waals surface area contributed by atoms with Gasteiger partial charge in [0.15, 0.2) is 11.5 Å². The molecule has 0 saturated heterocycles. The van der Waals surface area contributed by atoms with Crippen molar-refractivity contribution < 1.29 is 14.3 Å². The van der Waals surface area contributed by atoms with Crippen molar-refractivity contribution in [2.24, 2.45) is 0 Å². The Morgan fingerprint density at radius 1 is 1.00 bits per heavy atom. The molecule has 1 atom stereocenters. The van der Waals surface area contributed by atoms with Gasteiger partial charge < -0.3 is 20.1 Å². The van der Waals surface area contributed by atoms with Crippen LogP contribution in [0.1, 0.15) is 30.6 Å². The topological polar surface area (TPSA) is 59.6 Å². The van der Waals surface area contributed by atoms with Gasteiger partial charge in [-0.25, -0.2) is 0 Å². The van der Waals surface area contributed by atoms with E-state index in [2.05, 4.69) is 24.5 Å². The zero-order chi connectivity index (χ0) is 17.5. The van der Waals surface area contributed by atoms with Crippen LogP contribution < -0.4 is 20.1 Å². The van der Waals surface area contributed by atoms with E-state index in [1.54, 1.807) is 32.4 Å². The van der Waals surface area contributed by atoms with Gasteiger partial charge >= 0.3 is 0 Å². The molecule has 0 spiro atoms. The number of methoxy groups -OCH3 is 2. The van der Waals surface area contributed by atoms with Crippen molar-refractivity contribution in [2.75, 3.05) is 24.9 Å². The highest BCUT2D eigenvalue weighted by molar-refractivity contribution is 6.04. The van der Waals surface area contributed by atoms with Crippen molar-refractivity contribution in [3.63, 3.8) is 0 Å². The van der Waals surface area contributed by atoms with Crippen molar-refractivity contribution >= 4 is 17.3 Å². The summed E-state index contributed by atoms with van der Waals surface area (Å²) in [7, 11) is 3.11. The highest BCUT2D eigenvalue weighted by atomic mass is 16.5. The molecule has 1 unspecified atom stereocenters. The Morgan fingerprint density at radius 2 is 1.62 bits per heavy atom. The van der Waals surface area contributed by atoms with Crippen LogP contribution in [0.3, 0.4) is 0 Å². The van der Waals surface area contributed by atoms with Gasteiger partial charge in [0.1, 0.15) is 0 Å². The molecule has 0 aliphatic carbocycles. The summed E-state index contributed by atoms with van der Waals surface area (Å²) in [5.74, 6) is 0.923. The number of nitrogens with one attached hydrogen (secondary N) is 2. The van der Waals surface area contributed by atoms with E-state index < -0.39 is 0 Å². The molecule has 5 nitrogen and oxygen atoms in total. The predicted octanol–water partition coefficient (Wildman–Crippen LogP) is 4.17. The summed E-state index contributed by atoms with van der Waals surface area (Å²) in [4.78, 5) is 12.4. The Hall–Kier alpha value is -2.69. The first-order valence-electron chi connectivity index (χ1n) is 7.97. The lowest BCUT2D eigenvalue weighted by molar-refractivity contribution is 0.102. The lowest BCUT2D eigenvalue weighted by Crippen LogP contribution is -2.14. The van der Waals surface area contributed by atoms with Gasteiger partial charge in [0.25, 0.3) is 5.91 Å². The summed E-state index contributed by atoms with van der Waals surface area (Å²) in [6.07, 6.45) is 1.05. The van der Waals surface area contributed by atoms with E-state index in [0.717, 1.165) is 17.8 Å². The molecule has 0 aliphatic rings. The number of hydrogen-bond acceptors (Lipinski definition) is 4. The second-order valence-electron chi connectivity index (χ2n) is 5.55. The molecule has 0 saturated carbocycles. The van der Waals surface area contributed by atoms with Crippen LogP contribution >= 0.6 is 0 Å². The first-order chi connectivity index (χ1) is 11.6. The number of ether oxygens (including phenoxy) is 2. The third-order valence-electron chi connectivity index (χ3n) is 3.81. The van der Waals surface area contributed by atoms with Crippen LogP contribution in [-0.2, 0) is 0 Å². The summed E-state index contributed by atoms with van der Waals surface area (Å²) in [5, 5.41) is 6.27. The molecule has 0 heterocycles. The Kier molecular flexibility index (Phi) is 6.07. The van der Waals surface area contributed by atoms with Gasteiger partial charge in [-0.05, 0) is 55.8 Å². The minimum Gasteiger partial charge on any atom is -0.493 e. The number of benzene rings is 2. The van der Waals surface area contributed by atoms with Crippen LogP contribution in [0.25, 0.3) is 0 Å². The first kappa shape index (κ1) is 17.7. The summed E-state index contributed by atoms with van der Waals surface area (Å²) in [6.45, 7) is 4.27. The smallest absolute Gasteiger partial charge is 0.255 e. The largest absolute Gasteiger partial charge is 0.493 e. The number of carbonyl (C=O) groups excluding carboxylic acids is 1. The van der Waals surface area contributed by atoms with Crippen molar-refractivity contribution in [1.29, 1.82) is 0 Å². The van der Waals surface area contributed by atoms with Gasteiger partial charge in [-0.3, -0.25) is 4.79 Å². The molecule has 2 rings (SSSR count). The molecule has 2 aromatic carbocycles. The lowest BCUT2D eigenvalue weighted by atomic mass is 10.1. The van der Waals surface area contributed by atoms with E-state index in [0.29, 0.717) is 23.1 Å². The van der Waals surface area contributed by atoms with Gasteiger partial charge in [-0.1, -0.05) is 6.92 Å². The lowest BCUT2D eigenvalue weighted by Gasteiger charge is -2.14. The number of rotatable bonds is 7. The molecule has 0 aromatic heterocycles. The Balaban J connectivity index is 2.06. The third-order valence-corrected chi connectivity index (χ3v) is 3.81. The molecular formula is C19H24N2O3. The van der Waals surface area contributed by atoms with Gasteiger partial charge in [0.05, 0.1) is 14.2 Å². The maximum atomic E-state index is 12.4. The normalized spacial score (nSPS) is 11.5. The zero-order valence-corrected chi connectivity index (χ0v) is 14.6. The fourth-order valence-electron chi connectivity index (χ4n) is 2.22. The summed E-state index contributed by atoms with van der Waals surface area (Å²) in [5.41, 5.74) is 2.28. The fourth-order valence-corrected chi connectivity index (χ4v) is 2.22. The van der Waals surface area contributed by atoms with Crippen LogP contribution in [0.2, 0.25) is 0 Å². The SMILES string of the molecule is CCC(C)Nc1ccc(NC(=O)c2ccc(OC)c(OC)c2)cc1. The van der Waals surface area contributed by atoms with Crippen LogP contribution in [-0.4, -0.2) is 26.2 Å². The molecule has 5 heteroatoms. The Morgan fingerprint density at radius 3 is 2.21 bits per heavy atom. The second-order valence-corrected chi connectivity index (χ2v) is 5.55. The fraction of sp³-hybridized carbons (Fsp3) is 0.316. The molecular weight excluding hydrogens is 304 g/mol.